The minimum atomic E-state index is -0.0237. The third-order valence-corrected chi connectivity index (χ3v) is 5.45. The minimum absolute atomic E-state index is 0. The van der Waals surface area contributed by atoms with Crippen LogP contribution in [0.1, 0.15) is 48.7 Å². The molecule has 1 fully saturated rings. The number of aromatic nitrogens is 1. The number of carbonyl (C=O) groups is 1. The van der Waals surface area contributed by atoms with E-state index in [9.17, 15) is 4.79 Å². The molecule has 0 spiro atoms. The number of halogens is 2. The zero-order chi connectivity index (χ0) is 19.2. The lowest BCUT2D eigenvalue weighted by Crippen LogP contribution is -2.38. The second-order valence-corrected chi connectivity index (χ2v) is 7.23. The van der Waals surface area contributed by atoms with Gasteiger partial charge in [0.05, 0.1) is 7.11 Å². The topological polar surface area (TPSA) is 63.2 Å². The Hall–Kier alpha value is -1.66. The van der Waals surface area contributed by atoms with Crippen LogP contribution in [0, 0.1) is 0 Å². The van der Waals surface area contributed by atoms with Crippen molar-refractivity contribution in [3.05, 3.63) is 47.8 Å². The van der Waals surface area contributed by atoms with Crippen molar-refractivity contribution in [2.24, 2.45) is 0 Å². The molecule has 0 radical (unpaired) electrons. The van der Waals surface area contributed by atoms with Crippen LogP contribution in [0.15, 0.2) is 36.5 Å². The third-order valence-electron chi connectivity index (χ3n) is 5.45. The highest BCUT2D eigenvalue weighted by Crippen LogP contribution is 2.28. The standard InChI is InChI=1S/C22H29N3O2.2ClH/c1-15(26)21-13-17(10-11-24-21)16-4-9-22(27-3)18(12-16)14-25-20-7-5-19(23-2)6-8-20;;/h4,9-13,19-20,23,25H,5-8,14H2,1-3H3;2*1H. The summed E-state index contributed by atoms with van der Waals surface area (Å²) in [6, 6.07) is 11.2. The molecule has 0 aliphatic heterocycles. The van der Waals surface area contributed by atoms with Gasteiger partial charge in [0.15, 0.2) is 5.78 Å². The minimum Gasteiger partial charge on any atom is -0.496 e. The Kier molecular flexibility index (Phi) is 10.6. The van der Waals surface area contributed by atoms with Crippen LogP contribution in [0.5, 0.6) is 5.75 Å². The number of hydrogen-bond acceptors (Lipinski definition) is 5. The Morgan fingerprint density at radius 3 is 2.34 bits per heavy atom. The van der Waals surface area contributed by atoms with E-state index in [1.807, 2.05) is 31.3 Å². The van der Waals surface area contributed by atoms with Crippen molar-refractivity contribution < 1.29 is 9.53 Å². The van der Waals surface area contributed by atoms with Crippen molar-refractivity contribution in [1.82, 2.24) is 15.6 Å². The number of carbonyl (C=O) groups excluding carboxylic acids is 1. The molecule has 0 amide bonds. The van der Waals surface area contributed by atoms with Crippen LogP contribution in [0.25, 0.3) is 11.1 Å². The molecule has 1 saturated carbocycles. The maximum atomic E-state index is 11.6. The number of Topliss-reactive ketones (excluding diaryl/α,β-unsaturated/α-hetero) is 1. The Morgan fingerprint density at radius 1 is 1.07 bits per heavy atom. The van der Waals surface area contributed by atoms with Crippen LogP contribution in [-0.4, -0.2) is 37.0 Å². The quantitative estimate of drug-likeness (QED) is 0.624. The molecule has 1 aliphatic rings. The Morgan fingerprint density at radius 2 is 1.72 bits per heavy atom. The van der Waals surface area contributed by atoms with Crippen molar-refractivity contribution in [3.63, 3.8) is 0 Å². The number of nitrogens with zero attached hydrogens (tertiary/aromatic N) is 1. The number of hydrogen-bond donors (Lipinski definition) is 2. The summed E-state index contributed by atoms with van der Waals surface area (Å²) >= 11 is 0. The molecule has 160 valence electrons. The number of methoxy groups -OCH3 is 1. The van der Waals surface area contributed by atoms with E-state index in [-0.39, 0.29) is 30.6 Å². The number of rotatable bonds is 7. The monoisotopic (exact) mass is 439 g/mol. The molecule has 2 aromatic rings. The van der Waals surface area contributed by atoms with E-state index in [0.29, 0.717) is 17.8 Å². The highest BCUT2D eigenvalue weighted by Gasteiger charge is 2.19. The molecule has 5 nitrogen and oxygen atoms in total. The second-order valence-electron chi connectivity index (χ2n) is 7.23. The first-order valence-electron chi connectivity index (χ1n) is 9.65. The molecule has 0 unspecified atom stereocenters. The lowest BCUT2D eigenvalue weighted by atomic mass is 9.91. The zero-order valence-electron chi connectivity index (χ0n) is 17.2. The van der Waals surface area contributed by atoms with E-state index in [4.69, 9.17) is 4.74 Å². The van der Waals surface area contributed by atoms with Crippen LogP contribution in [0.3, 0.4) is 0 Å². The number of benzene rings is 1. The Bertz CT molecular complexity index is 793. The summed E-state index contributed by atoms with van der Waals surface area (Å²) < 4.78 is 5.56. The summed E-state index contributed by atoms with van der Waals surface area (Å²) in [4.78, 5) is 15.8. The molecule has 0 bridgehead atoms. The molecule has 0 saturated heterocycles. The van der Waals surface area contributed by atoms with Crippen LogP contribution in [0.2, 0.25) is 0 Å². The van der Waals surface area contributed by atoms with Crippen molar-refractivity contribution in [3.8, 4) is 16.9 Å². The summed E-state index contributed by atoms with van der Waals surface area (Å²) in [5, 5.41) is 7.07. The maximum absolute atomic E-state index is 11.6. The highest BCUT2D eigenvalue weighted by molar-refractivity contribution is 5.93. The molecule has 29 heavy (non-hydrogen) atoms. The highest BCUT2D eigenvalue weighted by atomic mass is 35.5. The second kappa shape index (κ2) is 12.1. The fourth-order valence-corrected chi connectivity index (χ4v) is 3.74. The van der Waals surface area contributed by atoms with Gasteiger partial charge in [-0.05, 0) is 68.1 Å². The SMILES string of the molecule is CNC1CCC(NCc2cc(-c3ccnc(C(C)=O)c3)ccc2OC)CC1.Cl.Cl. The van der Waals surface area contributed by atoms with Crippen LogP contribution < -0.4 is 15.4 Å². The molecular weight excluding hydrogens is 409 g/mol. The molecule has 1 aliphatic carbocycles. The van der Waals surface area contributed by atoms with Gasteiger partial charge in [-0.15, -0.1) is 24.8 Å². The van der Waals surface area contributed by atoms with Gasteiger partial charge in [-0.1, -0.05) is 6.07 Å². The number of ether oxygens (including phenoxy) is 1. The lowest BCUT2D eigenvalue weighted by Gasteiger charge is -2.29. The largest absolute Gasteiger partial charge is 0.496 e. The first-order valence-corrected chi connectivity index (χ1v) is 9.65. The maximum Gasteiger partial charge on any atom is 0.178 e. The lowest BCUT2D eigenvalue weighted by molar-refractivity contribution is 0.101. The van der Waals surface area contributed by atoms with Gasteiger partial charge in [0.1, 0.15) is 11.4 Å². The molecule has 1 aromatic carbocycles. The van der Waals surface area contributed by atoms with Crippen LogP contribution in [0.4, 0.5) is 0 Å². The van der Waals surface area contributed by atoms with Gasteiger partial charge in [0, 0.05) is 37.3 Å². The number of ketones is 1. The molecule has 2 N–H and O–H groups in total. The van der Waals surface area contributed by atoms with Gasteiger partial charge in [-0.2, -0.15) is 0 Å². The van der Waals surface area contributed by atoms with Gasteiger partial charge < -0.3 is 15.4 Å². The Labute approximate surface area is 185 Å². The first kappa shape index (κ1) is 25.4. The molecule has 0 atom stereocenters. The van der Waals surface area contributed by atoms with E-state index < -0.39 is 0 Å². The zero-order valence-corrected chi connectivity index (χ0v) is 18.9. The summed E-state index contributed by atoms with van der Waals surface area (Å²) in [6.07, 6.45) is 6.51. The molecular formula is C22H31Cl2N3O2. The van der Waals surface area contributed by atoms with E-state index in [1.54, 1.807) is 13.3 Å². The Balaban J connectivity index is 0.00000210. The summed E-state index contributed by atoms with van der Waals surface area (Å²) in [5.41, 5.74) is 3.68. The summed E-state index contributed by atoms with van der Waals surface area (Å²) in [7, 11) is 3.75. The smallest absolute Gasteiger partial charge is 0.178 e. The average molecular weight is 440 g/mol. The van der Waals surface area contributed by atoms with E-state index in [1.165, 1.54) is 32.6 Å². The fraction of sp³-hybridized carbons (Fsp3) is 0.455. The van der Waals surface area contributed by atoms with Crippen molar-refractivity contribution in [2.75, 3.05) is 14.2 Å². The van der Waals surface area contributed by atoms with Crippen molar-refractivity contribution in [1.29, 1.82) is 0 Å². The third kappa shape index (κ3) is 6.68. The average Bonchev–Trinajstić information content (AvgIpc) is 2.72. The van der Waals surface area contributed by atoms with Crippen molar-refractivity contribution >= 4 is 30.6 Å². The van der Waals surface area contributed by atoms with Gasteiger partial charge in [0.2, 0.25) is 0 Å². The first-order chi connectivity index (χ1) is 13.1. The summed E-state index contributed by atoms with van der Waals surface area (Å²) in [5.74, 6) is 0.862. The predicted octanol–water partition coefficient (Wildman–Crippen LogP) is 4.42. The van der Waals surface area contributed by atoms with E-state index in [2.05, 4.69) is 21.7 Å². The van der Waals surface area contributed by atoms with Gasteiger partial charge in [-0.3, -0.25) is 9.78 Å². The van der Waals surface area contributed by atoms with Gasteiger partial charge in [0.25, 0.3) is 0 Å². The molecule has 1 heterocycles. The molecule has 3 rings (SSSR count). The van der Waals surface area contributed by atoms with Crippen molar-refractivity contribution in [2.45, 2.75) is 51.2 Å². The molecule has 7 heteroatoms. The van der Waals surface area contributed by atoms with Gasteiger partial charge >= 0.3 is 0 Å². The number of pyridine rings is 1. The van der Waals surface area contributed by atoms with Crippen LogP contribution in [-0.2, 0) is 6.54 Å². The van der Waals surface area contributed by atoms with Crippen LogP contribution >= 0.6 is 24.8 Å². The van der Waals surface area contributed by atoms with E-state index in [0.717, 1.165) is 29.0 Å². The predicted molar refractivity (Wildman–Crippen MR) is 123 cm³/mol. The number of nitrogens with one attached hydrogen (secondary N) is 2. The van der Waals surface area contributed by atoms with E-state index >= 15 is 0 Å². The van der Waals surface area contributed by atoms with Gasteiger partial charge in [-0.25, -0.2) is 0 Å². The molecule has 1 aromatic heterocycles. The summed E-state index contributed by atoms with van der Waals surface area (Å²) in [6.45, 7) is 2.31. The normalized spacial score (nSPS) is 18.3. The fourth-order valence-electron chi connectivity index (χ4n) is 3.74.